The third-order valence-corrected chi connectivity index (χ3v) is 5.86. The Kier molecular flexibility index (Phi) is 6.67. The molecule has 8 heteroatoms. The average molecular weight is 455 g/mol. The Labute approximate surface area is 197 Å². The number of benzene rings is 1. The van der Waals surface area contributed by atoms with E-state index in [1.807, 2.05) is 30.3 Å². The lowest BCUT2D eigenvalue weighted by Gasteiger charge is -2.23. The zero-order valence-electron chi connectivity index (χ0n) is 18.8. The molecule has 8 nitrogen and oxygen atoms in total. The van der Waals surface area contributed by atoms with E-state index in [-0.39, 0.29) is 5.91 Å². The summed E-state index contributed by atoms with van der Waals surface area (Å²) in [6.07, 6.45) is 9.48. The van der Waals surface area contributed by atoms with Crippen molar-refractivity contribution in [1.29, 1.82) is 0 Å². The number of fused-ring (bicyclic) bond motifs is 1. The lowest BCUT2D eigenvalue weighted by atomic mass is 10.1. The summed E-state index contributed by atoms with van der Waals surface area (Å²) in [7, 11) is 0. The molecule has 34 heavy (non-hydrogen) atoms. The van der Waals surface area contributed by atoms with Crippen LogP contribution < -0.4 is 10.6 Å². The van der Waals surface area contributed by atoms with Gasteiger partial charge in [-0.1, -0.05) is 18.2 Å². The van der Waals surface area contributed by atoms with Crippen LogP contribution in [-0.2, 0) is 11.2 Å². The van der Waals surface area contributed by atoms with Crippen molar-refractivity contribution in [2.45, 2.75) is 25.3 Å². The van der Waals surface area contributed by atoms with Crippen molar-refractivity contribution in [3.05, 3.63) is 78.5 Å². The van der Waals surface area contributed by atoms with E-state index in [9.17, 15) is 4.79 Å². The van der Waals surface area contributed by atoms with E-state index in [4.69, 9.17) is 4.74 Å². The van der Waals surface area contributed by atoms with Gasteiger partial charge in [-0.2, -0.15) is 0 Å². The van der Waals surface area contributed by atoms with E-state index in [2.05, 4.69) is 36.6 Å². The fourth-order valence-corrected chi connectivity index (χ4v) is 4.02. The Morgan fingerprint density at radius 2 is 1.94 bits per heavy atom. The van der Waals surface area contributed by atoms with E-state index in [1.54, 1.807) is 30.9 Å². The molecule has 0 saturated carbocycles. The fourth-order valence-electron chi connectivity index (χ4n) is 4.02. The Morgan fingerprint density at radius 3 is 2.79 bits per heavy atom. The average Bonchev–Trinajstić information content (AvgIpc) is 2.89. The van der Waals surface area contributed by atoms with Gasteiger partial charge in [-0.15, -0.1) is 0 Å². The SMILES string of the molecule is O=C(NCCc1cccc(-c2cnccn2)c1)c1ccc2cnc(NC3CCOCC3)cc2n1. The summed E-state index contributed by atoms with van der Waals surface area (Å²) in [5.74, 6) is 0.579. The second kappa shape index (κ2) is 10.4. The zero-order valence-corrected chi connectivity index (χ0v) is 18.8. The summed E-state index contributed by atoms with van der Waals surface area (Å²) in [5.41, 5.74) is 4.09. The maximum atomic E-state index is 12.7. The lowest BCUT2D eigenvalue weighted by molar-refractivity contribution is 0.0903. The molecule has 3 aromatic heterocycles. The van der Waals surface area contributed by atoms with Gasteiger partial charge in [0.25, 0.3) is 5.91 Å². The highest BCUT2D eigenvalue weighted by Gasteiger charge is 2.14. The highest BCUT2D eigenvalue weighted by Crippen LogP contribution is 2.19. The number of anilines is 1. The molecule has 0 aliphatic carbocycles. The first-order valence-corrected chi connectivity index (χ1v) is 11.5. The molecule has 1 saturated heterocycles. The molecule has 1 amide bonds. The summed E-state index contributed by atoms with van der Waals surface area (Å²) in [6, 6.07) is 14.0. The van der Waals surface area contributed by atoms with Crippen molar-refractivity contribution >= 4 is 22.6 Å². The van der Waals surface area contributed by atoms with E-state index < -0.39 is 0 Å². The summed E-state index contributed by atoms with van der Waals surface area (Å²) in [5, 5.41) is 7.33. The smallest absolute Gasteiger partial charge is 0.269 e. The predicted octanol–water partition coefficient (Wildman–Crippen LogP) is 3.65. The van der Waals surface area contributed by atoms with E-state index in [0.29, 0.717) is 24.7 Å². The van der Waals surface area contributed by atoms with Gasteiger partial charge < -0.3 is 15.4 Å². The van der Waals surface area contributed by atoms with Crippen molar-refractivity contribution in [3.63, 3.8) is 0 Å². The van der Waals surface area contributed by atoms with Crippen molar-refractivity contribution in [2.24, 2.45) is 0 Å². The van der Waals surface area contributed by atoms with Crippen LogP contribution in [0.15, 0.2) is 67.3 Å². The molecule has 2 N–H and O–H groups in total. The lowest BCUT2D eigenvalue weighted by Crippen LogP contribution is -2.28. The minimum absolute atomic E-state index is 0.192. The van der Waals surface area contributed by atoms with Gasteiger partial charge in [0.2, 0.25) is 0 Å². The number of rotatable bonds is 7. The maximum absolute atomic E-state index is 12.7. The molecule has 5 rings (SSSR count). The number of hydrogen-bond acceptors (Lipinski definition) is 7. The summed E-state index contributed by atoms with van der Waals surface area (Å²) in [6.45, 7) is 2.03. The topological polar surface area (TPSA) is 102 Å². The number of hydrogen-bond donors (Lipinski definition) is 2. The fraction of sp³-hybridized carbons (Fsp3) is 0.269. The third kappa shape index (κ3) is 5.35. The first-order chi connectivity index (χ1) is 16.7. The Hall–Kier alpha value is -3.91. The van der Waals surface area contributed by atoms with E-state index in [0.717, 1.165) is 59.6 Å². The van der Waals surface area contributed by atoms with Crippen LogP contribution in [0.2, 0.25) is 0 Å². The predicted molar refractivity (Wildman–Crippen MR) is 131 cm³/mol. The monoisotopic (exact) mass is 454 g/mol. The largest absolute Gasteiger partial charge is 0.381 e. The summed E-state index contributed by atoms with van der Waals surface area (Å²) < 4.78 is 5.41. The Morgan fingerprint density at radius 1 is 1.03 bits per heavy atom. The molecule has 1 aromatic carbocycles. The molecular weight excluding hydrogens is 428 g/mol. The normalized spacial score (nSPS) is 14.1. The van der Waals surface area contributed by atoms with Crippen LogP contribution in [0.3, 0.4) is 0 Å². The molecule has 1 fully saturated rings. The quantitative estimate of drug-likeness (QED) is 0.439. The van der Waals surface area contributed by atoms with Crippen LogP contribution in [0.1, 0.15) is 28.9 Å². The second-order valence-corrected chi connectivity index (χ2v) is 8.29. The van der Waals surface area contributed by atoms with E-state index >= 15 is 0 Å². The van der Waals surface area contributed by atoms with Crippen LogP contribution >= 0.6 is 0 Å². The number of nitrogens with zero attached hydrogens (tertiary/aromatic N) is 4. The standard InChI is InChI=1S/C26H26N6O2/c33-26(29-9-6-18-2-1-3-19(14-18)24-17-27-10-11-28-24)22-5-4-20-16-30-25(15-23(20)32-22)31-21-7-12-34-13-8-21/h1-5,10-11,14-17,21H,6-9,12-13H2,(H,29,33)(H,30,31). The molecule has 172 valence electrons. The Bertz CT molecular complexity index is 1270. The second-order valence-electron chi connectivity index (χ2n) is 8.29. The highest BCUT2D eigenvalue weighted by atomic mass is 16.5. The molecule has 0 atom stereocenters. The number of nitrogens with one attached hydrogen (secondary N) is 2. The number of carbonyl (C=O) groups is 1. The summed E-state index contributed by atoms with van der Waals surface area (Å²) >= 11 is 0. The number of aromatic nitrogens is 4. The number of pyridine rings is 2. The van der Waals surface area contributed by atoms with Gasteiger partial charge in [0, 0.05) is 61.4 Å². The van der Waals surface area contributed by atoms with Crippen LogP contribution in [-0.4, -0.2) is 51.6 Å². The van der Waals surface area contributed by atoms with Gasteiger partial charge in [0.1, 0.15) is 11.5 Å². The molecular formula is C26H26N6O2. The third-order valence-electron chi connectivity index (χ3n) is 5.86. The van der Waals surface area contributed by atoms with Crippen molar-refractivity contribution in [2.75, 3.05) is 25.1 Å². The molecule has 1 aliphatic rings. The van der Waals surface area contributed by atoms with Crippen LogP contribution in [0.4, 0.5) is 5.82 Å². The molecule has 1 aliphatic heterocycles. The molecule has 0 spiro atoms. The number of carbonyl (C=O) groups excluding carboxylic acids is 1. The minimum Gasteiger partial charge on any atom is -0.381 e. The molecule has 4 heterocycles. The maximum Gasteiger partial charge on any atom is 0.269 e. The van der Waals surface area contributed by atoms with Crippen LogP contribution in [0, 0.1) is 0 Å². The number of ether oxygens (including phenoxy) is 1. The van der Waals surface area contributed by atoms with Crippen LogP contribution in [0.5, 0.6) is 0 Å². The Balaban J connectivity index is 1.21. The first kappa shape index (κ1) is 21.9. The van der Waals surface area contributed by atoms with Crippen molar-refractivity contribution in [3.8, 4) is 11.3 Å². The first-order valence-electron chi connectivity index (χ1n) is 11.5. The highest BCUT2D eigenvalue weighted by molar-refractivity contribution is 5.95. The molecule has 0 bridgehead atoms. The van der Waals surface area contributed by atoms with Gasteiger partial charge in [0.15, 0.2) is 0 Å². The van der Waals surface area contributed by atoms with Crippen LogP contribution in [0.25, 0.3) is 22.2 Å². The van der Waals surface area contributed by atoms with E-state index in [1.165, 1.54) is 0 Å². The molecule has 4 aromatic rings. The molecule has 0 unspecified atom stereocenters. The zero-order chi connectivity index (χ0) is 23.2. The van der Waals surface area contributed by atoms with Gasteiger partial charge in [-0.3, -0.25) is 14.8 Å². The summed E-state index contributed by atoms with van der Waals surface area (Å²) in [4.78, 5) is 30.3. The van der Waals surface area contributed by atoms with Gasteiger partial charge in [-0.05, 0) is 43.0 Å². The van der Waals surface area contributed by atoms with Crippen molar-refractivity contribution < 1.29 is 9.53 Å². The van der Waals surface area contributed by atoms with Crippen molar-refractivity contribution in [1.82, 2.24) is 25.3 Å². The molecule has 0 radical (unpaired) electrons. The minimum atomic E-state index is -0.192. The van der Waals surface area contributed by atoms with Gasteiger partial charge >= 0.3 is 0 Å². The number of amides is 1. The van der Waals surface area contributed by atoms with Gasteiger partial charge in [0.05, 0.1) is 17.4 Å². The van der Waals surface area contributed by atoms with Gasteiger partial charge in [-0.25, -0.2) is 9.97 Å².